The fraction of sp³-hybridized carbons (Fsp3) is 0.722. The van der Waals surface area contributed by atoms with Gasteiger partial charge in [-0.05, 0) is 31.8 Å². The number of nitrogens with one attached hydrogen (secondary N) is 3. The minimum Gasteiger partial charge on any atom is -0.353 e. The largest absolute Gasteiger partial charge is 0.353 e. The molecule has 1 aromatic heterocycles. The van der Waals surface area contributed by atoms with Crippen molar-refractivity contribution in [3.05, 3.63) is 11.1 Å². The van der Waals surface area contributed by atoms with E-state index in [2.05, 4.69) is 41.7 Å². The number of hydrogen-bond acceptors (Lipinski definition) is 5. The van der Waals surface area contributed by atoms with Gasteiger partial charge in [0, 0.05) is 24.2 Å². The van der Waals surface area contributed by atoms with E-state index in [-0.39, 0.29) is 17.2 Å². The van der Waals surface area contributed by atoms with Crippen molar-refractivity contribution in [3.8, 4) is 0 Å². The smallest absolute Gasteiger partial charge is 0.321 e. The van der Waals surface area contributed by atoms with Crippen molar-refractivity contribution < 1.29 is 9.59 Å². The first-order valence-electron chi connectivity index (χ1n) is 8.95. The van der Waals surface area contributed by atoms with E-state index >= 15 is 0 Å². The van der Waals surface area contributed by atoms with E-state index < -0.39 is 12.1 Å². The number of thiazole rings is 1. The molecule has 1 heterocycles. The Balaban J connectivity index is 2.64. The lowest BCUT2D eigenvalue weighted by Crippen LogP contribution is -2.49. The quantitative estimate of drug-likeness (QED) is 0.644. The first-order valence-corrected chi connectivity index (χ1v) is 9.77. The number of amides is 3. The molecule has 1 aromatic rings. The highest BCUT2D eigenvalue weighted by atomic mass is 32.1. The van der Waals surface area contributed by atoms with Crippen LogP contribution in [0.5, 0.6) is 0 Å². The standard InChI is InChI=1S/C18H33N5O2S/c1-12(2)10-13(15(24)19-8-9-23(6)7)21-16(25)22-17-20-11-14(26-17)18(3,4)5/h11-13H,8-10H2,1-7H3,(H,19,24)(H2,20,21,22,25)/t13-/m0/s1. The molecule has 3 amide bonds. The molecule has 0 radical (unpaired) electrons. The first-order chi connectivity index (χ1) is 12.0. The Kier molecular flexibility index (Phi) is 8.49. The van der Waals surface area contributed by atoms with Gasteiger partial charge in [-0.15, -0.1) is 11.3 Å². The molecule has 0 aliphatic rings. The molecular weight excluding hydrogens is 350 g/mol. The van der Waals surface area contributed by atoms with Crippen molar-refractivity contribution in [1.82, 2.24) is 20.5 Å². The highest BCUT2D eigenvalue weighted by Crippen LogP contribution is 2.29. The third-order valence-corrected chi connectivity index (χ3v) is 4.99. The molecule has 0 bridgehead atoms. The Hall–Kier alpha value is -1.67. The van der Waals surface area contributed by atoms with Crippen molar-refractivity contribution in [2.45, 2.75) is 52.5 Å². The molecule has 1 rings (SSSR count). The van der Waals surface area contributed by atoms with E-state index in [9.17, 15) is 9.59 Å². The van der Waals surface area contributed by atoms with Crippen LogP contribution in [-0.4, -0.2) is 55.0 Å². The Morgan fingerprint density at radius 3 is 2.42 bits per heavy atom. The molecule has 0 unspecified atom stereocenters. The van der Waals surface area contributed by atoms with E-state index in [0.717, 1.165) is 11.4 Å². The molecule has 0 saturated heterocycles. The van der Waals surface area contributed by atoms with Crippen molar-refractivity contribution >= 4 is 28.4 Å². The molecule has 148 valence electrons. The van der Waals surface area contributed by atoms with Gasteiger partial charge >= 0.3 is 6.03 Å². The minimum absolute atomic E-state index is 0.0133. The molecule has 1 atom stereocenters. The van der Waals surface area contributed by atoms with Gasteiger partial charge in [0.1, 0.15) is 6.04 Å². The number of carbonyl (C=O) groups excluding carboxylic acids is 2. The maximum absolute atomic E-state index is 12.4. The van der Waals surface area contributed by atoms with Gasteiger partial charge in [0.2, 0.25) is 5.91 Å². The van der Waals surface area contributed by atoms with Crippen LogP contribution in [0.25, 0.3) is 0 Å². The van der Waals surface area contributed by atoms with Gasteiger partial charge in [0.25, 0.3) is 0 Å². The normalized spacial score (nSPS) is 13.0. The van der Waals surface area contributed by atoms with Crippen molar-refractivity contribution in [2.75, 3.05) is 32.5 Å². The monoisotopic (exact) mass is 383 g/mol. The van der Waals surface area contributed by atoms with Gasteiger partial charge in [-0.25, -0.2) is 9.78 Å². The first kappa shape index (κ1) is 22.4. The summed E-state index contributed by atoms with van der Waals surface area (Å²) in [5.74, 6) is 0.123. The molecule has 0 fully saturated rings. The topological polar surface area (TPSA) is 86.4 Å². The van der Waals surface area contributed by atoms with Crippen LogP contribution in [0.1, 0.15) is 45.9 Å². The number of likely N-dealkylation sites (N-methyl/N-ethyl adjacent to an activating group) is 1. The van der Waals surface area contributed by atoms with Crippen LogP contribution in [0.3, 0.4) is 0 Å². The second-order valence-electron chi connectivity index (χ2n) is 8.15. The molecule has 0 saturated carbocycles. The van der Waals surface area contributed by atoms with Gasteiger partial charge in [0.15, 0.2) is 5.13 Å². The van der Waals surface area contributed by atoms with Crippen LogP contribution in [-0.2, 0) is 10.2 Å². The van der Waals surface area contributed by atoms with Crippen LogP contribution in [0.2, 0.25) is 0 Å². The molecule has 7 nitrogen and oxygen atoms in total. The number of carbonyl (C=O) groups is 2. The summed E-state index contributed by atoms with van der Waals surface area (Å²) in [5.41, 5.74) is -0.0133. The summed E-state index contributed by atoms with van der Waals surface area (Å²) in [6.45, 7) is 11.6. The van der Waals surface area contributed by atoms with Gasteiger partial charge in [-0.3, -0.25) is 10.1 Å². The lowest BCUT2D eigenvalue weighted by atomic mass is 9.96. The molecule has 26 heavy (non-hydrogen) atoms. The maximum atomic E-state index is 12.4. The predicted molar refractivity (Wildman–Crippen MR) is 108 cm³/mol. The van der Waals surface area contributed by atoms with E-state index in [1.165, 1.54) is 11.3 Å². The van der Waals surface area contributed by atoms with E-state index in [1.54, 1.807) is 6.20 Å². The summed E-state index contributed by atoms with van der Waals surface area (Å²) >= 11 is 1.45. The third-order valence-electron chi connectivity index (χ3n) is 3.65. The molecule has 8 heteroatoms. The fourth-order valence-corrected chi connectivity index (χ4v) is 3.07. The van der Waals surface area contributed by atoms with Crippen LogP contribution in [0.4, 0.5) is 9.93 Å². The summed E-state index contributed by atoms with van der Waals surface area (Å²) in [5, 5.41) is 8.92. The number of urea groups is 1. The third kappa shape index (κ3) is 8.14. The van der Waals surface area contributed by atoms with Crippen molar-refractivity contribution in [2.24, 2.45) is 5.92 Å². The van der Waals surface area contributed by atoms with Gasteiger partial charge in [0.05, 0.1) is 0 Å². The lowest BCUT2D eigenvalue weighted by molar-refractivity contribution is -0.123. The van der Waals surface area contributed by atoms with Crippen LogP contribution in [0, 0.1) is 5.92 Å². The SMILES string of the molecule is CC(C)C[C@H](NC(=O)Nc1ncc(C(C)(C)C)s1)C(=O)NCCN(C)C. The van der Waals surface area contributed by atoms with Crippen LogP contribution >= 0.6 is 11.3 Å². The summed E-state index contributed by atoms with van der Waals surface area (Å²) in [4.78, 5) is 32.0. The molecule has 0 aliphatic heterocycles. The van der Waals surface area contributed by atoms with Crippen molar-refractivity contribution in [3.63, 3.8) is 0 Å². The fourth-order valence-electron chi connectivity index (χ4n) is 2.20. The zero-order chi connectivity index (χ0) is 19.9. The Labute approximate surface area is 160 Å². The average molecular weight is 384 g/mol. The molecule has 0 aromatic carbocycles. The summed E-state index contributed by atoms with van der Waals surface area (Å²) < 4.78 is 0. The molecule has 0 aliphatic carbocycles. The Bertz CT molecular complexity index is 593. The second kappa shape index (κ2) is 9.87. The van der Waals surface area contributed by atoms with Crippen LogP contribution in [0.15, 0.2) is 6.20 Å². The summed E-state index contributed by atoms with van der Waals surface area (Å²) in [6, 6.07) is -0.979. The molecule has 3 N–H and O–H groups in total. The zero-order valence-electron chi connectivity index (χ0n) is 17.0. The number of anilines is 1. The van der Waals surface area contributed by atoms with E-state index in [0.29, 0.717) is 18.1 Å². The number of aromatic nitrogens is 1. The van der Waals surface area contributed by atoms with Gasteiger partial charge in [-0.1, -0.05) is 34.6 Å². The molecule has 0 spiro atoms. The maximum Gasteiger partial charge on any atom is 0.321 e. The van der Waals surface area contributed by atoms with Gasteiger partial charge in [-0.2, -0.15) is 0 Å². The predicted octanol–water partition coefficient (Wildman–Crippen LogP) is 2.65. The minimum atomic E-state index is -0.570. The van der Waals surface area contributed by atoms with Gasteiger partial charge < -0.3 is 15.5 Å². The molecular formula is C18H33N5O2S. The summed E-state index contributed by atoms with van der Waals surface area (Å²) in [7, 11) is 3.90. The highest BCUT2D eigenvalue weighted by molar-refractivity contribution is 7.15. The van der Waals surface area contributed by atoms with Crippen LogP contribution < -0.4 is 16.0 Å². The van der Waals surface area contributed by atoms with Crippen molar-refractivity contribution in [1.29, 1.82) is 0 Å². The van der Waals surface area contributed by atoms with E-state index in [4.69, 9.17) is 0 Å². The second-order valence-corrected chi connectivity index (χ2v) is 9.19. The Morgan fingerprint density at radius 2 is 1.92 bits per heavy atom. The summed E-state index contributed by atoms with van der Waals surface area (Å²) in [6.07, 6.45) is 2.35. The highest BCUT2D eigenvalue weighted by Gasteiger charge is 2.23. The number of rotatable bonds is 8. The lowest BCUT2D eigenvalue weighted by Gasteiger charge is -2.20. The number of hydrogen-bond donors (Lipinski definition) is 3. The zero-order valence-corrected chi connectivity index (χ0v) is 17.8. The number of nitrogens with zero attached hydrogens (tertiary/aromatic N) is 2. The Morgan fingerprint density at radius 1 is 1.27 bits per heavy atom. The van der Waals surface area contributed by atoms with E-state index in [1.807, 2.05) is 32.8 Å². The average Bonchev–Trinajstić information content (AvgIpc) is 2.94.